The van der Waals surface area contributed by atoms with Crippen molar-refractivity contribution >= 4 is 27.7 Å². The van der Waals surface area contributed by atoms with E-state index >= 15 is 0 Å². The molecule has 0 unspecified atom stereocenters. The number of rotatable bonds is 8. The number of morpholine rings is 1. The van der Waals surface area contributed by atoms with Gasteiger partial charge in [-0.05, 0) is 30.3 Å². The van der Waals surface area contributed by atoms with Gasteiger partial charge < -0.3 is 19.5 Å². The lowest BCUT2D eigenvalue weighted by atomic mass is 10.2. The molecular weight excluding hydrogens is 446 g/mol. The van der Waals surface area contributed by atoms with Gasteiger partial charge in [0.25, 0.3) is 0 Å². The van der Waals surface area contributed by atoms with Gasteiger partial charge in [0.2, 0.25) is 15.9 Å². The first-order valence-corrected chi connectivity index (χ1v) is 11.0. The third-order valence-electron chi connectivity index (χ3n) is 4.57. The number of ether oxygens (including phenoxy) is 3. The Kier molecular flexibility index (Phi) is 7.78. The van der Waals surface area contributed by atoms with Gasteiger partial charge in [-0.15, -0.1) is 0 Å². The number of carbonyl (C=O) groups excluding carboxylic acids is 1. The summed E-state index contributed by atoms with van der Waals surface area (Å²) in [5.74, 6) is -0.519. The molecule has 0 aliphatic carbocycles. The number of nitrogens with one attached hydrogen (secondary N) is 1. The minimum Gasteiger partial charge on any atom is -0.495 e. The van der Waals surface area contributed by atoms with Gasteiger partial charge in [-0.25, -0.2) is 8.42 Å². The highest BCUT2D eigenvalue weighted by molar-refractivity contribution is 7.89. The number of carbonyl (C=O) groups is 1. The Morgan fingerprint density at radius 1 is 1.16 bits per heavy atom. The largest absolute Gasteiger partial charge is 0.495 e. The fraction of sp³-hybridized carbons (Fsp3) is 0.286. The Morgan fingerprint density at radius 3 is 2.56 bits per heavy atom. The van der Waals surface area contributed by atoms with Crippen LogP contribution in [0.1, 0.15) is 5.56 Å². The first-order valence-electron chi connectivity index (χ1n) is 9.60. The molecule has 8 nitrogen and oxygen atoms in total. The van der Waals surface area contributed by atoms with Crippen LogP contribution in [0.25, 0.3) is 6.08 Å². The van der Waals surface area contributed by atoms with Crippen molar-refractivity contribution < 1.29 is 36.2 Å². The van der Waals surface area contributed by atoms with Crippen LogP contribution in [0.2, 0.25) is 0 Å². The molecule has 172 valence electrons. The van der Waals surface area contributed by atoms with E-state index in [9.17, 15) is 22.0 Å². The first-order chi connectivity index (χ1) is 15.3. The number of nitrogens with zero attached hydrogens (tertiary/aromatic N) is 1. The molecule has 0 bridgehead atoms. The van der Waals surface area contributed by atoms with E-state index in [0.717, 1.165) is 6.08 Å². The summed E-state index contributed by atoms with van der Waals surface area (Å²) in [5, 5.41) is 2.56. The van der Waals surface area contributed by atoms with Crippen LogP contribution in [-0.2, 0) is 19.6 Å². The number of alkyl halides is 2. The Hall–Kier alpha value is -3.02. The molecule has 1 amide bonds. The quantitative estimate of drug-likeness (QED) is 0.599. The molecular formula is C21H22F2N2O6S. The van der Waals surface area contributed by atoms with E-state index < -0.39 is 22.5 Å². The average molecular weight is 468 g/mol. The molecule has 1 fully saturated rings. The van der Waals surface area contributed by atoms with Crippen molar-refractivity contribution in [2.75, 3.05) is 38.7 Å². The third-order valence-corrected chi connectivity index (χ3v) is 6.49. The van der Waals surface area contributed by atoms with E-state index in [2.05, 4.69) is 10.1 Å². The maximum absolute atomic E-state index is 13.0. The molecule has 0 spiro atoms. The first kappa shape index (κ1) is 23.6. The fourth-order valence-corrected chi connectivity index (χ4v) is 4.64. The van der Waals surface area contributed by atoms with Crippen molar-refractivity contribution in [1.82, 2.24) is 4.31 Å². The lowest BCUT2D eigenvalue weighted by Gasteiger charge is -2.26. The lowest BCUT2D eigenvalue weighted by molar-refractivity contribution is -0.111. The molecule has 32 heavy (non-hydrogen) atoms. The maximum atomic E-state index is 13.0. The number of methoxy groups -OCH3 is 1. The van der Waals surface area contributed by atoms with Gasteiger partial charge in [-0.2, -0.15) is 13.1 Å². The molecule has 0 radical (unpaired) electrons. The third kappa shape index (κ3) is 5.81. The van der Waals surface area contributed by atoms with Crippen LogP contribution in [0.3, 0.4) is 0 Å². The van der Waals surface area contributed by atoms with Crippen LogP contribution in [0.5, 0.6) is 11.5 Å². The summed E-state index contributed by atoms with van der Waals surface area (Å²) in [6.45, 7) is -1.99. The molecule has 1 aliphatic heterocycles. The van der Waals surface area contributed by atoms with Gasteiger partial charge >= 0.3 is 6.61 Å². The second kappa shape index (κ2) is 10.5. The summed E-state index contributed by atoms with van der Waals surface area (Å²) >= 11 is 0. The Bertz CT molecular complexity index is 1090. The van der Waals surface area contributed by atoms with Crippen molar-refractivity contribution in [3.8, 4) is 11.5 Å². The van der Waals surface area contributed by atoms with E-state index in [1.54, 1.807) is 6.07 Å². The Labute approximate surface area is 184 Å². The second-order valence-electron chi connectivity index (χ2n) is 6.62. The van der Waals surface area contributed by atoms with Gasteiger partial charge in [0, 0.05) is 30.4 Å². The SMILES string of the molecule is COc1ccc(NC(=O)/C=C/c2ccccc2OC(F)F)cc1S(=O)(=O)N1CCOCC1. The summed E-state index contributed by atoms with van der Waals surface area (Å²) in [7, 11) is -2.51. The van der Waals surface area contributed by atoms with Crippen LogP contribution in [0.15, 0.2) is 53.4 Å². The zero-order valence-corrected chi connectivity index (χ0v) is 18.0. The number of para-hydroxylation sites is 1. The van der Waals surface area contributed by atoms with E-state index in [1.165, 1.54) is 53.9 Å². The molecule has 1 N–H and O–H groups in total. The number of benzene rings is 2. The fourth-order valence-electron chi connectivity index (χ4n) is 3.05. The monoisotopic (exact) mass is 468 g/mol. The predicted molar refractivity (Wildman–Crippen MR) is 113 cm³/mol. The highest BCUT2D eigenvalue weighted by atomic mass is 32.2. The summed E-state index contributed by atoms with van der Waals surface area (Å²) in [4.78, 5) is 12.3. The van der Waals surface area contributed by atoms with E-state index in [4.69, 9.17) is 9.47 Å². The summed E-state index contributed by atoms with van der Waals surface area (Å²) in [5.41, 5.74) is 0.512. The smallest absolute Gasteiger partial charge is 0.387 e. The molecule has 1 heterocycles. The molecule has 3 rings (SSSR count). The van der Waals surface area contributed by atoms with Gasteiger partial charge in [0.05, 0.1) is 20.3 Å². The van der Waals surface area contributed by atoms with Crippen LogP contribution in [0, 0.1) is 0 Å². The lowest BCUT2D eigenvalue weighted by Crippen LogP contribution is -2.40. The van der Waals surface area contributed by atoms with Crippen LogP contribution in [0.4, 0.5) is 14.5 Å². The molecule has 1 aliphatic rings. The van der Waals surface area contributed by atoms with Crippen molar-refractivity contribution in [3.63, 3.8) is 0 Å². The Morgan fingerprint density at radius 2 is 1.88 bits per heavy atom. The van der Waals surface area contributed by atoms with E-state index in [-0.39, 0.29) is 40.7 Å². The summed E-state index contributed by atoms with van der Waals surface area (Å²) in [6, 6.07) is 10.3. The number of hydrogen-bond donors (Lipinski definition) is 1. The maximum Gasteiger partial charge on any atom is 0.387 e. The number of hydrogen-bond acceptors (Lipinski definition) is 6. The average Bonchev–Trinajstić information content (AvgIpc) is 2.78. The van der Waals surface area contributed by atoms with Crippen molar-refractivity contribution in [3.05, 3.63) is 54.1 Å². The topological polar surface area (TPSA) is 94.2 Å². The predicted octanol–water partition coefficient (Wildman–Crippen LogP) is 2.97. The van der Waals surface area contributed by atoms with Gasteiger partial charge in [-0.3, -0.25) is 4.79 Å². The van der Waals surface area contributed by atoms with Gasteiger partial charge in [-0.1, -0.05) is 18.2 Å². The summed E-state index contributed by atoms with van der Waals surface area (Å²) < 4.78 is 67.2. The standard InChI is InChI=1S/C21H22F2N2O6S/c1-29-18-8-7-16(14-19(18)32(27,28)25-10-12-30-13-11-25)24-20(26)9-6-15-4-2-3-5-17(15)31-21(22)23/h2-9,14,21H,10-13H2,1H3,(H,24,26)/b9-6+. The molecule has 1 saturated heterocycles. The zero-order valence-electron chi connectivity index (χ0n) is 17.2. The minimum atomic E-state index is -3.86. The molecule has 0 atom stereocenters. The van der Waals surface area contributed by atoms with Crippen molar-refractivity contribution in [2.24, 2.45) is 0 Å². The normalized spacial score (nSPS) is 15.1. The molecule has 2 aromatic carbocycles. The number of sulfonamides is 1. The van der Waals surface area contributed by atoms with E-state index in [0.29, 0.717) is 13.2 Å². The number of amides is 1. The number of halogens is 2. The second-order valence-corrected chi connectivity index (χ2v) is 8.53. The highest BCUT2D eigenvalue weighted by Gasteiger charge is 2.29. The van der Waals surface area contributed by atoms with Gasteiger partial charge in [0.15, 0.2) is 0 Å². The molecule has 0 saturated carbocycles. The van der Waals surface area contributed by atoms with Crippen LogP contribution >= 0.6 is 0 Å². The number of anilines is 1. The van der Waals surface area contributed by atoms with Crippen LogP contribution in [-0.4, -0.2) is 58.7 Å². The zero-order chi connectivity index (χ0) is 23.1. The van der Waals surface area contributed by atoms with Gasteiger partial charge in [0.1, 0.15) is 16.4 Å². The molecule has 2 aromatic rings. The van der Waals surface area contributed by atoms with E-state index in [1.807, 2.05) is 0 Å². The van der Waals surface area contributed by atoms with Crippen LogP contribution < -0.4 is 14.8 Å². The molecule has 11 heteroatoms. The molecule has 0 aromatic heterocycles. The summed E-state index contributed by atoms with van der Waals surface area (Å²) in [6.07, 6.45) is 2.45. The van der Waals surface area contributed by atoms with Crippen molar-refractivity contribution in [1.29, 1.82) is 0 Å². The highest BCUT2D eigenvalue weighted by Crippen LogP contribution is 2.30. The van der Waals surface area contributed by atoms with Crippen molar-refractivity contribution in [2.45, 2.75) is 11.5 Å². The minimum absolute atomic E-state index is 0.0742. The Balaban J connectivity index is 1.79.